The molecule has 2 aliphatic heterocycles. The van der Waals surface area contributed by atoms with Crippen LogP contribution in [0.4, 0.5) is 0 Å². The highest BCUT2D eigenvalue weighted by molar-refractivity contribution is 6.18. The van der Waals surface area contributed by atoms with E-state index in [2.05, 4.69) is 52.3 Å². The minimum atomic E-state index is -0.253. The lowest BCUT2D eigenvalue weighted by Crippen LogP contribution is -2.53. The average Bonchev–Trinajstić information content (AvgIpc) is 3.21. The Labute approximate surface area is 217 Å². The highest BCUT2D eigenvalue weighted by Gasteiger charge is 2.48. The highest BCUT2D eigenvalue weighted by atomic mass is 16.2. The third kappa shape index (κ3) is 3.69. The summed E-state index contributed by atoms with van der Waals surface area (Å²) in [6.07, 6.45) is 4.87. The first-order valence-electron chi connectivity index (χ1n) is 13.7. The number of hydrogen-bond donors (Lipinski definition) is 0. The van der Waals surface area contributed by atoms with Crippen LogP contribution in [0.3, 0.4) is 0 Å². The Morgan fingerprint density at radius 1 is 0.811 bits per heavy atom. The number of rotatable bonds is 2. The van der Waals surface area contributed by atoms with Gasteiger partial charge < -0.3 is 4.90 Å². The molecular formula is C33H32N2O2. The Balaban J connectivity index is 1.10. The Hall–Kier alpha value is -3.50. The second-order valence-corrected chi connectivity index (χ2v) is 11.2. The van der Waals surface area contributed by atoms with Crippen LogP contribution in [0.2, 0.25) is 0 Å². The standard InChI is InChI=1S/C33H32N2O2/c36-31-29-13-6-3-10-25(29)21-33(31)16-7-17-35(22-33)26-14-18-34(19-15-26)32(37)30-27-11-4-1-8-23(27)20-24-9-2-5-12-28(24)30/h1-6,8-13,20,26H,7,14-19,21-22H2. The van der Waals surface area contributed by atoms with Gasteiger partial charge in [-0.1, -0.05) is 72.8 Å². The van der Waals surface area contributed by atoms with Crippen molar-refractivity contribution in [3.8, 4) is 0 Å². The molecule has 4 nitrogen and oxygen atoms in total. The molecule has 2 heterocycles. The van der Waals surface area contributed by atoms with Crippen molar-refractivity contribution < 1.29 is 9.59 Å². The summed E-state index contributed by atoms with van der Waals surface area (Å²) in [5.74, 6) is 0.492. The first-order chi connectivity index (χ1) is 18.1. The predicted molar refractivity (Wildman–Crippen MR) is 148 cm³/mol. The molecule has 4 aromatic carbocycles. The molecule has 1 spiro atoms. The Bertz CT molecular complexity index is 1480. The summed E-state index contributed by atoms with van der Waals surface area (Å²) in [4.78, 5) is 32.0. The minimum Gasteiger partial charge on any atom is -0.338 e. The van der Waals surface area contributed by atoms with Gasteiger partial charge in [0.15, 0.2) is 5.78 Å². The topological polar surface area (TPSA) is 40.6 Å². The molecule has 4 heteroatoms. The molecule has 0 aromatic heterocycles. The number of carbonyl (C=O) groups is 2. The first-order valence-corrected chi connectivity index (χ1v) is 13.7. The maximum atomic E-state index is 14.0. The molecule has 2 fully saturated rings. The molecule has 186 valence electrons. The van der Waals surface area contributed by atoms with Crippen molar-refractivity contribution >= 4 is 33.2 Å². The van der Waals surface area contributed by atoms with Gasteiger partial charge in [0, 0.05) is 31.2 Å². The fourth-order valence-corrected chi connectivity index (χ4v) is 7.27. The van der Waals surface area contributed by atoms with Crippen LogP contribution in [0.15, 0.2) is 78.9 Å². The summed E-state index contributed by atoms with van der Waals surface area (Å²) in [7, 11) is 0. The van der Waals surface area contributed by atoms with Crippen molar-refractivity contribution in [3.05, 3.63) is 95.6 Å². The number of hydrogen-bond acceptors (Lipinski definition) is 3. The van der Waals surface area contributed by atoms with E-state index < -0.39 is 0 Å². The van der Waals surface area contributed by atoms with E-state index in [0.717, 1.165) is 91.0 Å². The molecule has 0 N–H and O–H groups in total. The van der Waals surface area contributed by atoms with Crippen molar-refractivity contribution in [2.45, 2.75) is 38.1 Å². The maximum absolute atomic E-state index is 14.0. The van der Waals surface area contributed by atoms with Crippen molar-refractivity contribution in [2.75, 3.05) is 26.2 Å². The summed E-state index contributed by atoms with van der Waals surface area (Å²) in [5.41, 5.74) is 2.74. The minimum absolute atomic E-state index is 0.142. The van der Waals surface area contributed by atoms with Gasteiger partial charge in [-0.2, -0.15) is 0 Å². The molecule has 37 heavy (non-hydrogen) atoms. The molecule has 1 aliphatic carbocycles. The zero-order valence-corrected chi connectivity index (χ0v) is 21.2. The van der Waals surface area contributed by atoms with Gasteiger partial charge in [-0.15, -0.1) is 0 Å². The first kappa shape index (κ1) is 22.7. The Kier molecular flexibility index (Phi) is 5.40. The van der Waals surface area contributed by atoms with E-state index in [-0.39, 0.29) is 11.3 Å². The number of fused-ring (bicyclic) bond motifs is 3. The lowest BCUT2D eigenvalue weighted by atomic mass is 9.75. The number of amides is 1. The zero-order valence-electron chi connectivity index (χ0n) is 21.2. The monoisotopic (exact) mass is 488 g/mol. The number of carbonyl (C=O) groups excluding carboxylic acids is 2. The molecule has 4 aromatic rings. The molecule has 1 amide bonds. The smallest absolute Gasteiger partial charge is 0.255 e. The molecule has 3 aliphatic rings. The van der Waals surface area contributed by atoms with Crippen molar-refractivity contribution in [1.29, 1.82) is 0 Å². The number of benzene rings is 4. The largest absolute Gasteiger partial charge is 0.338 e. The van der Waals surface area contributed by atoms with Crippen LogP contribution in [0.25, 0.3) is 21.5 Å². The molecule has 0 radical (unpaired) electrons. The van der Waals surface area contributed by atoms with Crippen LogP contribution in [-0.4, -0.2) is 53.7 Å². The lowest BCUT2D eigenvalue weighted by molar-refractivity contribution is 0.0289. The fourth-order valence-electron chi connectivity index (χ4n) is 7.27. The molecule has 0 saturated carbocycles. The van der Waals surface area contributed by atoms with Crippen LogP contribution in [0, 0.1) is 5.41 Å². The quantitative estimate of drug-likeness (QED) is 0.319. The third-order valence-corrected chi connectivity index (χ3v) is 9.13. The molecule has 7 rings (SSSR count). The molecule has 0 bridgehead atoms. The van der Waals surface area contributed by atoms with E-state index in [1.165, 1.54) is 5.56 Å². The molecular weight excluding hydrogens is 456 g/mol. The van der Waals surface area contributed by atoms with Gasteiger partial charge in [0.25, 0.3) is 5.91 Å². The maximum Gasteiger partial charge on any atom is 0.255 e. The third-order valence-electron chi connectivity index (χ3n) is 9.13. The van der Waals surface area contributed by atoms with Crippen molar-refractivity contribution in [1.82, 2.24) is 9.80 Å². The average molecular weight is 489 g/mol. The van der Waals surface area contributed by atoms with Gasteiger partial charge in [-0.3, -0.25) is 14.5 Å². The zero-order chi connectivity index (χ0) is 25.0. The van der Waals surface area contributed by atoms with Gasteiger partial charge in [-0.05, 0) is 71.8 Å². The summed E-state index contributed by atoms with van der Waals surface area (Å²) in [5, 5.41) is 4.29. The number of ketones is 1. The van der Waals surface area contributed by atoms with E-state index in [9.17, 15) is 9.59 Å². The summed E-state index contributed by atoms with van der Waals surface area (Å²) >= 11 is 0. The SMILES string of the molecule is O=C(c1c2ccccc2cc2ccccc12)N1CCC(N2CCCC3(Cc4ccccc4C3=O)C2)CC1. The van der Waals surface area contributed by atoms with Gasteiger partial charge in [-0.25, -0.2) is 0 Å². The van der Waals surface area contributed by atoms with Gasteiger partial charge in [0.2, 0.25) is 0 Å². The summed E-state index contributed by atoms with van der Waals surface area (Å²) in [6, 6.07) is 27.3. The number of Topliss-reactive ketones (excluding diaryl/α,β-unsaturated/α-hetero) is 1. The van der Waals surface area contributed by atoms with Crippen LogP contribution in [0.1, 0.15) is 52.0 Å². The second-order valence-electron chi connectivity index (χ2n) is 11.2. The second kappa shape index (κ2) is 8.81. The number of likely N-dealkylation sites (tertiary alicyclic amines) is 2. The van der Waals surface area contributed by atoms with Crippen LogP contribution < -0.4 is 0 Å². The number of piperidine rings is 2. The van der Waals surface area contributed by atoms with Gasteiger partial charge in [0.1, 0.15) is 0 Å². The predicted octanol–water partition coefficient (Wildman–Crippen LogP) is 6.12. The van der Waals surface area contributed by atoms with Crippen LogP contribution in [0.5, 0.6) is 0 Å². The Morgan fingerprint density at radius 2 is 1.46 bits per heavy atom. The van der Waals surface area contributed by atoms with Gasteiger partial charge >= 0.3 is 0 Å². The van der Waals surface area contributed by atoms with Gasteiger partial charge in [0.05, 0.1) is 11.0 Å². The molecule has 1 atom stereocenters. The summed E-state index contributed by atoms with van der Waals surface area (Å²) in [6.45, 7) is 3.43. The summed E-state index contributed by atoms with van der Waals surface area (Å²) < 4.78 is 0. The van der Waals surface area contributed by atoms with Crippen LogP contribution in [-0.2, 0) is 6.42 Å². The van der Waals surface area contributed by atoms with Crippen molar-refractivity contribution in [2.24, 2.45) is 5.41 Å². The van der Waals surface area contributed by atoms with Crippen LogP contribution >= 0.6 is 0 Å². The number of nitrogens with zero attached hydrogens (tertiary/aromatic N) is 2. The molecule has 2 saturated heterocycles. The highest BCUT2D eigenvalue weighted by Crippen LogP contribution is 2.44. The normalized spacial score (nSPS) is 22.7. The van der Waals surface area contributed by atoms with E-state index in [1.807, 2.05) is 36.4 Å². The fraction of sp³-hybridized carbons (Fsp3) is 0.333. The molecule has 1 unspecified atom stereocenters. The lowest BCUT2D eigenvalue weighted by Gasteiger charge is -2.45. The van der Waals surface area contributed by atoms with Crippen molar-refractivity contribution in [3.63, 3.8) is 0 Å². The van der Waals surface area contributed by atoms with E-state index in [0.29, 0.717) is 11.8 Å². The van der Waals surface area contributed by atoms with E-state index in [4.69, 9.17) is 0 Å². The van der Waals surface area contributed by atoms with E-state index in [1.54, 1.807) is 0 Å². The van der Waals surface area contributed by atoms with E-state index >= 15 is 0 Å². The Morgan fingerprint density at radius 3 is 2.16 bits per heavy atom.